The summed E-state index contributed by atoms with van der Waals surface area (Å²) in [7, 11) is 3.84. The van der Waals surface area contributed by atoms with Crippen molar-refractivity contribution in [2.24, 2.45) is 0 Å². The minimum Gasteiger partial charge on any atom is -0.386 e. The van der Waals surface area contributed by atoms with E-state index in [4.69, 9.17) is 4.74 Å². The molecule has 0 amide bonds. The lowest BCUT2D eigenvalue weighted by Gasteiger charge is -2.28. The molecule has 1 aliphatic rings. The van der Waals surface area contributed by atoms with Crippen LogP contribution in [0.25, 0.3) is 0 Å². The fourth-order valence-corrected chi connectivity index (χ4v) is 2.22. The van der Waals surface area contributed by atoms with Crippen molar-refractivity contribution < 1.29 is 9.13 Å². The van der Waals surface area contributed by atoms with E-state index in [1.807, 2.05) is 6.07 Å². The Kier molecular flexibility index (Phi) is 4.55. The summed E-state index contributed by atoms with van der Waals surface area (Å²) in [6.07, 6.45) is 2.44. The van der Waals surface area contributed by atoms with Gasteiger partial charge in [-0.05, 0) is 37.6 Å². The maximum absolute atomic E-state index is 13.5. The quantitative estimate of drug-likeness (QED) is 0.891. The molecule has 4 heteroatoms. The third kappa shape index (κ3) is 3.43. The molecular formula is C14H21FN2O. The molecule has 0 saturated carbocycles. The Balaban J connectivity index is 1.84. The van der Waals surface area contributed by atoms with Crippen molar-refractivity contribution in [1.82, 2.24) is 4.90 Å². The van der Waals surface area contributed by atoms with Gasteiger partial charge in [-0.2, -0.15) is 0 Å². The van der Waals surface area contributed by atoms with Crippen molar-refractivity contribution in [3.8, 4) is 0 Å². The van der Waals surface area contributed by atoms with Crippen LogP contribution in [0.15, 0.2) is 18.2 Å². The van der Waals surface area contributed by atoms with Crippen LogP contribution in [-0.4, -0.2) is 38.2 Å². The van der Waals surface area contributed by atoms with Crippen LogP contribution in [0.3, 0.4) is 0 Å². The van der Waals surface area contributed by atoms with Crippen LogP contribution >= 0.6 is 0 Å². The van der Waals surface area contributed by atoms with Gasteiger partial charge < -0.3 is 15.0 Å². The SMILES string of the molecule is CNc1ccc(COC2CCN(C)CC2)cc1F. The average Bonchev–Trinajstić information content (AvgIpc) is 2.38. The van der Waals surface area contributed by atoms with E-state index >= 15 is 0 Å². The third-order valence-electron chi connectivity index (χ3n) is 3.45. The first-order chi connectivity index (χ1) is 8.69. The number of benzene rings is 1. The van der Waals surface area contributed by atoms with Gasteiger partial charge in [0.15, 0.2) is 0 Å². The Morgan fingerprint density at radius 1 is 1.39 bits per heavy atom. The highest BCUT2D eigenvalue weighted by Crippen LogP contribution is 2.18. The number of anilines is 1. The summed E-state index contributed by atoms with van der Waals surface area (Å²) in [6.45, 7) is 2.66. The number of ether oxygens (including phenoxy) is 1. The number of halogens is 1. The molecule has 0 radical (unpaired) electrons. The fourth-order valence-electron chi connectivity index (χ4n) is 2.22. The average molecular weight is 252 g/mol. The molecule has 1 aliphatic heterocycles. The second kappa shape index (κ2) is 6.16. The Bertz CT molecular complexity index is 389. The maximum Gasteiger partial charge on any atom is 0.146 e. The Labute approximate surface area is 108 Å². The van der Waals surface area contributed by atoms with E-state index in [2.05, 4.69) is 17.3 Å². The lowest BCUT2D eigenvalue weighted by molar-refractivity contribution is 0.00206. The molecule has 0 spiro atoms. The van der Waals surface area contributed by atoms with E-state index in [0.717, 1.165) is 31.5 Å². The molecule has 0 aromatic heterocycles. The van der Waals surface area contributed by atoms with Crippen LogP contribution in [0.4, 0.5) is 10.1 Å². The van der Waals surface area contributed by atoms with E-state index in [0.29, 0.717) is 18.4 Å². The summed E-state index contributed by atoms with van der Waals surface area (Å²) in [6, 6.07) is 5.20. The first-order valence-electron chi connectivity index (χ1n) is 6.45. The van der Waals surface area contributed by atoms with Crippen LogP contribution in [0.5, 0.6) is 0 Å². The summed E-state index contributed by atoms with van der Waals surface area (Å²) in [5.41, 5.74) is 1.42. The van der Waals surface area contributed by atoms with Crippen LogP contribution < -0.4 is 5.32 Å². The van der Waals surface area contributed by atoms with E-state index < -0.39 is 0 Å². The molecule has 0 bridgehead atoms. The minimum absolute atomic E-state index is 0.220. The van der Waals surface area contributed by atoms with Crippen molar-refractivity contribution in [1.29, 1.82) is 0 Å². The highest BCUT2D eigenvalue weighted by Gasteiger charge is 2.17. The second-order valence-electron chi connectivity index (χ2n) is 4.88. The maximum atomic E-state index is 13.5. The van der Waals surface area contributed by atoms with Gasteiger partial charge in [-0.3, -0.25) is 0 Å². The molecule has 0 unspecified atom stereocenters. The number of hydrogen-bond donors (Lipinski definition) is 1. The summed E-state index contributed by atoms with van der Waals surface area (Å²) in [5.74, 6) is -0.220. The van der Waals surface area contributed by atoms with Crippen LogP contribution in [0.2, 0.25) is 0 Å². The second-order valence-corrected chi connectivity index (χ2v) is 4.88. The zero-order valence-corrected chi connectivity index (χ0v) is 11.1. The minimum atomic E-state index is -0.220. The fraction of sp³-hybridized carbons (Fsp3) is 0.571. The van der Waals surface area contributed by atoms with Gasteiger partial charge in [0.2, 0.25) is 0 Å². The lowest BCUT2D eigenvalue weighted by atomic mass is 10.1. The molecule has 0 atom stereocenters. The number of piperidine rings is 1. The summed E-state index contributed by atoms with van der Waals surface area (Å²) >= 11 is 0. The molecule has 1 saturated heterocycles. The van der Waals surface area contributed by atoms with Crippen molar-refractivity contribution in [2.45, 2.75) is 25.6 Å². The largest absolute Gasteiger partial charge is 0.386 e. The number of likely N-dealkylation sites (tertiary alicyclic amines) is 1. The van der Waals surface area contributed by atoms with E-state index in [9.17, 15) is 4.39 Å². The number of hydrogen-bond acceptors (Lipinski definition) is 3. The molecule has 1 N–H and O–H groups in total. The van der Waals surface area contributed by atoms with E-state index in [-0.39, 0.29) is 5.82 Å². The first-order valence-corrected chi connectivity index (χ1v) is 6.45. The number of nitrogens with one attached hydrogen (secondary N) is 1. The Hall–Kier alpha value is -1.13. The molecule has 1 fully saturated rings. The van der Waals surface area contributed by atoms with Gasteiger partial charge in [0.25, 0.3) is 0 Å². The molecule has 1 aromatic rings. The normalized spacial score (nSPS) is 17.9. The molecule has 100 valence electrons. The Morgan fingerprint density at radius 3 is 2.72 bits per heavy atom. The van der Waals surface area contributed by atoms with Crippen molar-refractivity contribution >= 4 is 5.69 Å². The Morgan fingerprint density at radius 2 is 2.11 bits per heavy atom. The highest BCUT2D eigenvalue weighted by molar-refractivity contribution is 5.45. The van der Waals surface area contributed by atoms with Gasteiger partial charge in [-0.15, -0.1) is 0 Å². The van der Waals surface area contributed by atoms with E-state index in [1.54, 1.807) is 19.2 Å². The molecular weight excluding hydrogens is 231 g/mol. The van der Waals surface area contributed by atoms with Gasteiger partial charge in [0.05, 0.1) is 18.4 Å². The summed E-state index contributed by atoms with van der Waals surface area (Å²) in [5, 5.41) is 2.81. The van der Waals surface area contributed by atoms with Crippen LogP contribution in [0.1, 0.15) is 18.4 Å². The molecule has 18 heavy (non-hydrogen) atoms. The van der Waals surface area contributed by atoms with Gasteiger partial charge >= 0.3 is 0 Å². The first kappa shape index (κ1) is 13.3. The topological polar surface area (TPSA) is 24.5 Å². The molecule has 2 rings (SSSR count). The van der Waals surface area contributed by atoms with Crippen molar-refractivity contribution in [2.75, 3.05) is 32.5 Å². The predicted octanol–water partition coefficient (Wildman–Crippen LogP) is 2.48. The van der Waals surface area contributed by atoms with Crippen LogP contribution in [0, 0.1) is 5.82 Å². The van der Waals surface area contributed by atoms with Gasteiger partial charge in [-0.1, -0.05) is 6.07 Å². The van der Waals surface area contributed by atoms with Gasteiger partial charge in [0, 0.05) is 20.1 Å². The zero-order valence-electron chi connectivity index (χ0n) is 11.1. The molecule has 1 aromatic carbocycles. The number of rotatable bonds is 4. The predicted molar refractivity (Wildman–Crippen MR) is 71.3 cm³/mol. The summed E-state index contributed by atoms with van der Waals surface area (Å²) < 4.78 is 19.4. The molecule has 1 heterocycles. The lowest BCUT2D eigenvalue weighted by Crippen LogP contribution is -2.34. The van der Waals surface area contributed by atoms with E-state index in [1.165, 1.54) is 0 Å². The van der Waals surface area contributed by atoms with Gasteiger partial charge in [0.1, 0.15) is 5.82 Å². The standard InChI is InChI=1S/C14H21FN2O/c1-16-14-4-3-11(9-13(14)15)10-18-12-5-7-17(2)8-6-12/h3-4,9,12,16H,5-8,10H2,1-2H3. The summed E-state index contributed by atoms with van der Waals surface area (Å²) in [4.78, 5) is 2.31. The number of nitrogens with zero attached hydrogens (tertiary/aromatic N) is 1. The highest BCUT2D eigenvalue weighted by atomic mass is 19.1. The molecule has 3 nitrogen and oxygen atoms in total. The van der Waals surface area contributed by atoms with Crippen molar-refractivity contribution in [3.63, 3.8) is 0 Å². The third-order valence-corrected chi connectivity index (χ3v) is 3.45. The zero-order chi connectivity index (χ0) is 13.0. The van der Waals surface area contributed by atoms with Crippen LogP contribution in [-0.2, 0) is 11.3 Å². The van der Waals surface area contributed by atoms with Gasteiger partial charge in [-0.25, -0.2) is 4.39 Å². The smallest absolute Gasteiger partial charge is 0.146 e. The molecule has 0 aliphatic carbocycles. The monoisotopic (exact) mass is 252 g/mol. The van der Waals surface area contributed by atoms with Crippen molar-refractivity contribution in [3.05, 3.63) is 29.6 Å².